The molecule has 1 aromatic heterocycles. The molecular formula is C28H31N3O2. The highest BCUT2D eigenvalue weighted by Gasteiger charge is 2.13. The molecule has 0 aliphatic carbocycles. The Labute approximate surface area is 195 Å². The molecule has 0 bridgehead atoms. The minimum atomic E-state index is -0.0479. The van der Waals surface area contributed by atoms with Gasteiger partial charge >= 0.3 is 0 Å². The lowest BCUT2D eigenvalue weighted by molar-refractivity contribution is 0.0953. The van der Waals surface area contributed by atoms with Crippen molar-refractivity contribution in [3.63, 3.8) is 0 Å². The van der Waals surface area contributed by atoms with Gasteiger partial charge in [0.05, 0.1) is 17.6 Å². The Morgan fingerprint density at radius 3 is 2.55 bits per heavy atom. The second kappa shape index (κ2) is 9.90. The first kappa shape index (κ1) is 22.6. The molecule has 1 N–H and O–H groups in total. The molecule has 170 valence electrons. The molecule has 0 saturated heterocycles. The largest absolute Gasteiger partial charge is 0.492 e. The molecule has 0 radical (unpaired) electrons. The quantitative estimate of drug-likeness (QED) is 0.403. The third kappa shape index (κ3) is 5.25. The molecule has 4 aromatic rings. The number of fused-ring (bicyclic) bond motifs is 1. The van der Waals surface area contributed by atoms with Crippen LogP contribution in [0.2, 0.25) is 0 Å². The van der Waals surface area contributed by atoms with Crippen molar-refractivity contribution in [3.05, 3.63) is 94.3 Å². The average molecular weight is 442 g/mol. The number of hydrogen-bond acceptors (Lipinski definition) is 3. The smallest absolute Gasteiger partial charge is 0.251 e. The molecule has 5 nitrogen and oxygen atoms in total. The lowest BCUT2D eigenvalue weighted by atomic mass is 10.1. The van der Waals surface area contributed by atoms with E-state index in [0.29, 0.717) is 26.1 Å². The van der Waals surface area contributed by atoms with Crippen molar-refractivity contribution < 1.29 is 9.53 Å². The fourth-order valence-electron chi connectivity index (χ4n) is 4.08. The van der Waals surface area contributed by atoms with Crippen LogP contribution in [0.3, 0.4) is 0 Å². The number of imidazole rings is 1. The van der Waals surface area contributed by atoms with Gasteiger partial charge in [0, 0.05) is 18.5 Å². The van der Waals surface area contributed by atoms with Gasteiger partial charge in [-0.15, -0.1) is 0 Å². The van der Waals surface area contributed by atoms with E-state index in [1.54, 1.807) is 0 Å². The summed E-state index contributed by atoms with van der Waals surface area (Å²) in [5.41, 5.74) is 7.38. The van der Waals surface area contributed by atoms with Crippen LogP contribution in [-0.2, 0) is 13.0 Å². The number of aromatic nitrogens is 2. The van der Waals surface area contributed by atoms with Crippen LogP contribution in [0.4, 0.5) is 0 Å². The van der Waals surface area contributed by atoms with Crippen molar-refractivity contribution in [2.24, 2.45) is 0 Å². The number of benzene rings is 3. The Morgan fingerprint density at radius 2 is 1.76 bits per heavy atom. The Bertz CT molecular complexity index is 1290. The summed E-state index contributed by atoms with van der Waals surface area (Å²) in [5, 5.41) is 3.05. The molecule has 1 amide bonds. The first-order chi connectivity index (χ1) is 15.9. The molecule has 33 heavy (non-hydrogen) atoms. The van der Waals surface area contributed by atoms with Gasteiger partial charge < -0.3 is 14.6 Å². The average Bonchev–Trinajstić information content (AvgIpc) is 3.13. The lowest BCUT2D eigenvalue weighted by Gasteiger charge is -2.12. The fraction of sp³-hybridized carbons (Fsp3) is 0.286. The minimum absolute atomic E-state index is 0.0479. The van der Waals surface area contributed by atoms with Crippen molar-refractivity contribution in [2.45, 2.75) is 40.7 Å². The number of aryl methyl sites for hydroxylation is 4. The molecular weight excluding hydrogens is 410 g/mol. The summed E-state index contributed by atoms with van der Waals surface area (Å²) in [7, 11) is 0. The highest BCUT2D eigenvalue weighted by molar-refractivity contribution is 5.95. The topological polar surface area (TPSA) is 56.2 Å². The van der Waals surface area contributed by atoms with E-state index in [9.17, 15) is 4.79 Å². The zero-order chi connectivity index (χ0) is 23.4. The maximum absolute atomic E-state index is 12.6. The molecule has 0 unspecified atom stereocenters. The number of para-hydroxylation sites is 2. The van der Waals surface area contributed by atoms with Crippen molar-refractivity contribution in [2.75, 3.05) is 13.2 Å². The molecule has 0 aliphatic rings. The molecule has 0 aliphatic heterocycles. The second-order valence-corrected chi connectivity index (χ2v) is 8.59. The van der Waals surface area contributed by atoms with Gasteiger partial charge in [-0.3, -0.25) is 4.79 Å². The molecule has 3 aromatic carbocycles. The number of amides is 1. The van der Waals surface area contributed by atoms with Gasteiger partial charge in [0.15, 0.2) is 0 Å². The van der Waals surface area contributed by atoms with Gasteiger partial charge in [-0.1, -0.05) is 35.9 Å². The highest BCUT2D eigenvalue weighted by atomic mass is 16.5. The summed E-state index contributed by atoms with van der Waals surface area (Å²) in [6.45, 7) is 9.95. The lowest BCUT2D eigenvalue weighted by Crippen LogP contribution is -2.27. The molecule has 4 rings (SSSR count). The summed E-state index contributed by atoms with van der Waals surface area (Å²) in [6, 6.07) is 20.2. The fourth-order valence-corrected chi connectivity index (χ4v) is 4.08. The van der Waals surface area contributed by atoms with Crippen LogP contribution in [0, 0.1) is 27.7 Å². The standard InChI is InChI=1S/C28H31N3O2/c1-19-9-12-24(22(4)17-19)28(32)29-14-13-27-30-25-7-5-6-8-26(25)31(27)15-16-33-23-11-10-20(2)21(3)18-23/h5-12,17-18H,13-16H2,1-4H3,(H,29,32). The molecule has 0 atom stereocenters. The van der Waals surface area contributed by atoms with Gasteiger partial charge in [0.2, 0.25) is 0 Å². The third-order valence-electron chi connectivity index (χ3n) is 6.06. The monoisotopic (exact) mass is 441 g/mol. The Balaban J connectivity index is 1.43. The summed E-state index contributed by atoms with van der Waals surface area (Å²) in [5.74, 6) is 1.78. The van der Waals surface area contributed by atoms with Crippen molar-refractivity contribution in [1.82, 2.24) is 14.9 Å². The van der Waals surface area contributed by atoms with E-state index >= 15 is 0 Å². The molecule has 0 saturated carbocycles. The van der Waals surface area contributed by atoms with Crippen molar-refractivity contribution in [3.8, 4) is 5.75 Å². The van der Waals surface area contributed by atoms with E-state index in [1.807, 2.05) is 56.3 Å². The SMILES string of the molecule is Cc1ccc(C(=O)NCCc2nc3ccccc3n2CCOc2ccc(C)c(C)c2)c(C)c1. The number of hydrogen-bond donors (Lipinski definition) is 1. The van der Waals surface area contributed by atoms with Gasteiger partial charge in [-0.25, -0.2) is 4.98 Å². The first-order valence-electron chi connectivity index (χ1n) is 11.4. The Morgan fingerprint density at radius 1 is 0.939 bits per heavy atom. The predicted octanol–water partition coefficient (Wildman–Crippen LogP) is 5.32. The first-order valence-corrected chi connectivity index (χ1v) is 11.4. The Kier molecular flexibility index (Phi) is 6.78. The van der Waals surface area contributed by atoms with E-state index in [-0.39, 0.29) is 5.91 Å². The number of nitrogens with zero attached hydrogens (tertiary/aromatic N) is 2. The van der Waals surface area contributed by atoms with Crippen LogP contribution in [-0.4, -0.2) is 28.6 Å². The number of ether oxygens (including phenoxy) is 1. The highest BCUT2D eigenvalue weighted by Crippen LogP contribution is 2.19. The van der Waals surface area contributed by atoms with E-state index < -0.39 is 0 Å². The number of carbonyl (C=O) groups is 1. The van der Waals surface area contributed by atoms with Crippen molar-refractivity contribution >= 4 is 16.9 Å². The molecule has 0 fully saturated rings. The number of rotatable bonds is 8. The van der Waals surface area contributed by atoms with Crippen LogP contribution in [0.1, 0.15) is 38.4 Å². The molecule has 5 heteroatoms. The second-order valence-electron chi connectivity index (χ2n) is 8.59. The van der Waals surface area contributed by atoms with Crippen LogP contribution in [0.25, 0.3) is 11.0 Å². The maximum atomic E-state index is 12.6. The van der Waals surface area contributed by atoms with Gasteiger partial charge in [-0.2, -0.15) is 0 Å². The number of nitrogens with one attached hydrogen (secondary N) is 1. The van der Waals surface area contributed by atoms with Crippen molar-refractivity contribution in [1.29, 1.82) is 0 Å². The summed E-state index contributed by atoms with van der Waals surface area (Å²) in [4.78, 5) is 17.5. The van der Waals surface area contributed by atoms with Gasteiger partial charge in [-0.05, 0) is 74.7 Å². The maximum Gasteiger partial charge on any atom is 0.251 e. The zero-order valence-corrected chi connectivity index (χ0v) is 19.8. The zero-order valence-electron chi connectivity index (χ0n) is 19.8. The van der Waals surface area contributed by atoms with Gasteiger partial charge in [0.25, 0.3) is 5.91 Å². The van der Waals surface area contributed by atoms with E-state index in [4.69, 9.17) is 9.72 Å². The summed E-state index contributed by atoms with van der Waals surface area (Å²) < 4.78 is 8.22. The Hall–Kier alpha value is -3.60. The minimum Gasteiger partial charge on any atom is -0.492 e. The van der Waals surface area contributed by atoms with E-state index in [1.165, 1.54) is 11.1 Å². The van der Waals surface area contributed by atoms with Crippen LogP contribution < -0.4 is 10.1 Å². The van der Waals surface area contributed by atoms with Crippen LogP contribution >= 0.6 is 0 Å². The molecule has 0 spiro atoms. The summed E-state index contributed by atoms with van der Waals surface area (Å²) in [6.07, 6.45) is 0.648. The summed E-state index contributed by atoms with van der Waals surface area (Å²) >= 11 is 0. The predicted molar refractivity (Wildman–Crippen MR) is 133 cm³/mol. The normalized spacial score (nSPS) is 11.0. The van der Waals surface area contributed by atoms with E-state index in [0.717, 1.165) is 39.3 Å². The van der Waals surface area contributed by atoms with Crippen LogP contribution in [0.15, 0.2) is 60.7 Å². The number of carbonyl (C=O) groups excluding carboxylic acids is 1. The third-order valence-corrected chi connectivity index (χ3v) is 6.06. The molecule has 1 heterocycles. The van der Waals surface area contributed by atoms with Gasteiger partial charge in [0.1, 0.15) is 18.2 Å². The van der Waals surface area contributed by atoms with E-state index in [2.05, 4.69) is 41.9 Å². The van der Waals surface area contributed by atoms with Crippen LogP contribution in [0.5, 0.6) is 5.75 Å².